The van der Waals surface area contributed by atoms with Gasteiger partial charge in [0.15, 0.2) is 0 Å². The van der Waals surface area contributed by atoms with Gasteiger partial charge < -0.3 is 5.11 Å². The Morgan fingerprint density at radius 3 is 2.43 bits per heavy atom. The number of aryl methyl sites for hydroxylation is 1. The van der Waals surface area contributed by atoms with Crippen molar-refractivity contribution in [1.29, 1.82) is 0 Å². The third-order valence-corrected chi connectivity index (χ3v) is 5.37. The minimum absolute atomic E-state index is 0.0720. The van der Waals surface area contributed by atoms with Gasteiger partial charge in [-0.05, 0) is 24.6 Å². The molecule has 0 radical (unpaired) electrons. The van der Waals surface area contributed by atoms with Crippen LogP contribution in [0.5, 0.6) is 0 Å². The van der Waals surface area contributed by atoms with Gasteiger partial charge >= 0.3 is 5.97 Å². The Labute approximate surface area is 122 Å². The second kappa shape index (κ2) is 6.08. The lowest BCUT2D eigenvalue weighted by Crippen LogP contribution is -2.49. The van der Waals surface area contributed by atoms with Gasteiger partial charge in [-0.1, -0.05) is 6.07 Å². The van der Waals surface area contributed by atoms with E-state index in [1.54, 1.807) is 11.8 Å². The fourth-order valence-corrected chi connectivity index (χ4v) is 3.64. The average Bonchev–Trinajstić information content (AvgIpc) is 2.41. The summed E-state index contributed by atoms with van der Waals surface area (Å²) in [4.78, 5) is 12.2. The lowest BCUT2D eigenvalue weighted by atomic mass is 10.2. The van der Waals surface area contributed by atoms with Crippen molar-refractivity contribution in [2.24, 2.45) is 0 Å². The molecule has 0 unspecified atom stereocenters. The SMILES string of the molecule is Cc1ccc(S(=O)(=O)N2CCN(CC(=O)O)CC2)cc1F. The fourth-order valence-electron chi connectivity index (χ4n) is 2.20. The van der Waals surface area contributed by atoms with Crippen molar-refractivity contribution in [3.8, 4) is 0 Å². The first-order valence-electron chi connectivity index (χ1n) is 6.51. The summed E-state index contributed by atoms with van der Waals surface area (Å²) in [6, 6.07) is 3.84. The topological polar surface area (TPSA) is 77.9 Å². The number of carboxylic acids is 1. The van der Waals surface area contributed by atoms with Gasteiger partial charge in [0, 0.05) is 26.2 Å². The Balaban J connectivity index is 2.11. The van der Waals surface area contributed by atoms with E-state index in [4.69, 9.17) is 5.11 Å². The molecular formula is C13H17FN2O4S. The van der Waals surface area contributed by atoms with Crippen molar-refractivity contribution in [2.45, 2.75) is 11.8 Å². The summed E-state index contributed by atoms with van der Waals surface area (Å²) >= 11 is 0. The van der Waals surface area contributed by atoms with Crippen LogP contribution in [-0.4, -0.2) is 61.4 Å². The standard InChI is InChI=1S/C13H17FN2O4S/c1-10-2-3-11(8-12(10)14)21(19,20)16-6-4-15(5-7-16)9-13(17)18/h2-3,8H,4-7,9H2,1H3,(H,17,18). The first kappa shape index (κ1) is 15.9. The van der Waals surface area contributed by atoms with Crippen LogP contribution in [0.1, 0.15) is 5.56 Å². The Bertz CT molecular complexity index is 640. The zero-order valence-corrected chi connectivity index (χ0v) is 12.4. The number of rotatable bonds is 4. The minimum Gasteiger partial charge on any atom is -0.480 e. The van der Waals surface area contributed by atoms with Crippen molar-refractivity contribution in [3.63, 3.8) is 0 Å². The molecule has 0 amide bonds. The molecule has 1 heterocycles. The van der Waals surface area contributed by atoms with Crippen molar-refractivity contribution in [1.82, 2.24) is 9.21 Å². The molecule has 1 aromatic rings. The third kappa shape index (κ3) is 3.58. The van der Waals surface area contributed by atoms with Crippen LogP contribution >= 0.6 is 0 Å². The Morgan fingerprint density at radius 2 is 1.90 bits per heavy atom. The predicted octanol–water partition coefficient (Wildman–Crippen LogP) is 0.525. The summed E-state index contributed by atoms with van der Waals surface area (Å²) < 4.78 is 39.6. The zero-order chi connectivity index (χ0) is 15.6. The molecule has 0 atom stereocenters. The van der Waals surface area contributed by atoms with Crippen LogP contribution in [0.3, 0.4) is 0 Å². The van der Waals surface area contributed by atoms with Crippen LogP contribution in [0.15, 0.2) is 23.1 Å². The molecular weight excluding hydrogens is 299 g/mol. The fraction of sp³-hybridized carbons (Fsp3) is 0.462. The van der Waals surface area contributed by atoms with E-state index in [-0.39, 0.29) is 24.5 Å². The maximum absolute atomic E-state index is 13.5. The second-order valence-corrected chi connectivity index (χ2v) is 6.92. The van der Waals surface area contributed by atoms with Gasteiger partial charge in [0.1, 0.15) is 5.82 Å². The van der Waals surface area contributed by atoms with Gasteiger partial charge in [-0.2, -0.15) is 4.31 Å². The molecule has 2 rings (SSSR count). The Hall–Kier alpha value is -1.51. The number of sulfonamides is 1. The molecule has 1 aliphatic rings. The molecule has 0 aromatic heterocycles. The summed E-state index contributed by atoms with van der Waals surface area (Å²) in [5.41, 5.74) is 0.389. The highest BCUT2D eigenvalue weighted by Crippen LogP contribution is 2.20. The van der Waals surface area contributed by atoms with Crippen LogP contribution in [0.2, 0.25) is 0 Å². The maximum Gasteiger partial charge on any atom is 0.317 e. The van der Waals surface area contributed by atoms with Gasteiger partial charge in [0.2, 0.25) is 10.0 Å². The number of hydrogen-bond acceptors (Lipinski definition) is 4. The minimum atomic E-state index is -3.73. The molecule has 0 spiro atoms. The smallest absolute Gasteiger partial charge is 0.317 e. The van der Waals surface area contributed by atoms with Crippen LogP contribution in [0, 0.1) is 12.7 Å². The summed E-state index contributed by atoms with van der Waals surface area (Å²) in [6.07, 6.45) is 0. The van der Waals surface area contributed by atoms with Crippen molar-refractivity contribution < 1.29 is 22.7 Å². The number of carboxylic acid groups (broad SMARTS) is 1. The van der Waals surface area contributed by atoms with E-state index in [1.807, 2.05) is 0 Å². The van der Waals surface area contributed by atoms with E-state index < -0.39 is 21.8 Å². The largest absolute Gasteiger partial charge is 0.480 e. The number of benzene rings is 1. The second-order valence-electron chi connectivity index (χ2n) is 4.98. The zero-order valence-electron chi connectivity index (χ0n) is 11.6. The monoisotopic (exact) mass is 316 g/mol. The number of nitrogens with zero attached hydrogens (tertiary/aromatic N) is 2. The van der Waals surface area contributed by atoms with Gasteiger partial charge in [0.25, 0.3) is 0 Å². The highest BCUT2D eigenvalue weighted by atomic mass is 32.2. The van der Waals surface area contributed by atoms with Crippen molar-refractivity contribution in [3.05, 3.63) is 29.6 Å². The molecule has 0 bridgehead atoms. The van der Waals surface area contributed by atoms with Crippen molar-refractivity contribution in [2.75, 3.05) is 32.7 Å². The van der Waals surface area contributed by atoms with Gasteiger partial charge in [-0.15, -0.1) is 0 Å². The molecule has 1 fully saturated rings. The van der Waals surface area contributed by atoms with E-state index in [0.717, 1.165) is 6.07 Å². The molecule has 116 valence electrons. The molecule has 0 aliphatic carbocycles. The average molecular weight is 316 g/mol. The molecule has 0 saturated carbocycles. The van der Waals surface area contributed by atoms with Crippen molar-refractivity contribution >= 4 is 16.0 Å². The summed E-state index contributed by atoms with van der Waals surface area (Å²) in [6.45, 7) is 2.55. The summed E-state index contributed by atoms with van der Waals surface area (Å²) in [7, 11) is -3.73. The van der Waals surface area contributed by atoms with E-state index in [9.17, 15) is 17.6 Å². The Kier molecular flexibility index (Phi) is 4.60. The number of halogens is 1. The van der Waals surface area contributed by atoms with Crippen LogP contribution in [0.25, 0.3) is 0 Å². The highest BCUT2D eigenvalue weighted by molar-refractivity contribution is 7.89. The van der Waals surface area contributed by atoms with Gasteiger partial charge in [-0.3, -0.25) is 9.69 Å². The molecule has 21 heavy (non-hydrogen) atoms. The van der Waals surface area contributed by atoms with E-state index >= 15 is 0 Å². The Morgan fingerprint density at radius 1 is 1.29 bits per heavy atom. The first-order chi connectivity index (χ1) is 9.80. The molecule has 8 heteroatoms. The highest BCUT2D eigenvalue weighted by Gasteiger charge is 2.29. The normalized spacial score (nSPS) is 17.8. The summed E-state index contributed by atoms with van der Waals surface area (Å²) in [5.74, 6) is -1.49. The van der Waals surface area contributed by atoms with Crippen LogP contribution < -0.4 is 0 Å². The van der Waals surface area contributed by atoms with E-state index in [1.165, 1.54) is 16.4 Å². The number of aliphatic carboxylic acids is 1. The van der Waals surface area contributed by atoms with Crippen LogP contribution in [0.4, 0.5) is 4.39 Å². The van der Waals surface area contributed by atoms with Gasteiger partial charge in [0.05, 0.1) is 11.4 Å². The van der Waals surface area contributed by atoms with E-state index in [0.29, 0.717) is 18.7 Å². The molecule has 1 N–H and O–H groups in total. The molecule has 1 aromatic carbocycles. The molecule has 6 nitrogen and oxygen atoms in total. The lowest BCUT2D eigenvalue weighted by Gasteiger charge is -2.33. The number of piperazine rings is 1. The number of carbonyl (C=O) groups is 1. The third-order valence-electron chi connectivity index (χ3n) is 3.47. The molecule has 1 aliphatic heterocycles. The number of hydrogen-bond donors (Lipinski definition) is 1. The summed E-state index contributed by atoms with van der Waals surface area (Å²) in [5, 5.41) is 8.71. The maximum atomic E-state index is 13.5. The van der Waals surface area contributed by atoms with Crippen LogP contribution in [-0.2, 0) is 14.8 Å². The lowest BCUT2D eigenvalue weighted by molar-refractivity contribution is -0.138. The van der Waals surface area contributed by atoms with E-state index in [2.05, 4.69) is 0 Å². The first-order valence-corrected chi connectivity index (χ1v) is 7.95. The van der Waals surface area contributed by atoms with Gasteiger partial charge in [-0.25, -0.2) is 12.8 Å². The molecule has 1 saturated heterocycles. The quantitative estimate of drug-likeness (QED) is 0.876. The predicted molar refractivity (Wildman–Crippen MR) is 74.0 cm³/mol.